The number of hydrogen-bond acceptors (Lipinski definition) is 2. The molecule has 3 heteroatoms. The molecule has 0 aliphatic carbocycles. The number of carbonyl (C=O) groups is 1. The first-order valence-corrected chi connectivity index (χ1v) is 7.07. The summed E-state index contributed by atoms with van der Waals surface area (Å²) >= 11 is 0. The van der Waals surface area contributed by atoms with Gasteiger partial charge in [0.1, 0.15) is 0 Å². The normalized spacial score (nSPS) is 19.4. The van der Waals surface area contributed by atoms with Gasteiger partial charge in [-0.05, 0) is 31.9 Å². The zero-order chi connectivity index (χ0) is 13.9. The van der Waals surface area contributed by atoms with E-state index in [2.05, 4.69) is 55.7 Å². The van der Waals surface area contributed by atoms with Gasteiger partial charge in [-0.25, -0.2) is 0 Å². The first kappa shape index (κ1) is 14.1. The molecule has 2 rings (SSSR count). The summed E-state index contributed by atoms with van der Waals surface area (Å²) in [6.07, 6.45) is 2.05. The van der Waals surface area contributed by atoms with Crippen LogP contribution < -0.4 is 10.6 Å². The highest BCUT2D eigenvalue weighted by Crippen LogP contribution is 2.22. The maximum Gasteiger partial charge on any atom is 0.237 e. The van der Waals surface area contributed by atoms with Crippen molar-refractivity contribution in [2.75, 3.05) is 13.1 Å². The predicted molar refractivity (Wildman–Crippen MR) is 78.2 cm³/mol. The fraction of sp³-hybridized carbons (Fsp3) is 0.562. The molecule has 104 valence electrons. The van der Waals surface area contributed by atoms with E-state index in [1.807, 2.05) is 0 Å². The Morgan fingerprint density at radius 1 is 1.37 bits per heavy atom. The van der Waals surface area contributed by atoms with Crippen LogP contribution in [0.3, 0.4) is 0 Å². The van der Waals surface area contributed by atoms with E-state index >= 15 is 0 Å². The van der Waals surface area contributed by atoms with Gasteiger partial charge in [-0.3, -0.25) is 4.79 Å². The Hall–Kier alpha value is -1.35. The monoisotopic (exact) mass is 260 g/mol. The molecule has 19 heavy (non-hydrogen) atoms. The average Bonchev–Trinajstić information content (AvgIpc) is 2.90. The van der Waals surface area contributed by atoms with Crippen molar-refractivity contribution in [2.24, 2.45) is 0 Å². The van der Waals surface area contributed by atoms with Crippen LogP contribution in [-0.4, -0.2) is 25.0 Å². The third-order valence-electron chi connectivity index (χ3n) is 3.91. The third kappa shape index (κ3) is 3.57. The van der Waals surface area contributed by atoms with Crippen LogP contribution in [-0.2, 0) is 10.2 Å². The van der Waals surface area contributed by atoms with Gasteiger partial charge in [-0.15, -0.1) is 0 Å². The lowest BCUT2D eigenvalue weighted by Crippen LogP contribution is -2.45. The predicted octanol–water partition coefficient (Wildman–Crippen LogP) is 2.14. The first-order valence-electron chi connectivity index (χ1n) is 7.07. The van der Waals surface area contributed by atoms with Crippen LogP contribution in [0.25, 0.3) is 0 Å². The number of amides is 1. The number of hydrogen-bond donors (Lipinski definition) is 2. The summed E-state index contributed by atoms with van der Waals surface area (Å²) in [4.78, 5) is 12.0. The van der Waals surface area contributed by atoms with Gasteiger partial charge in [-0.1, -0.05) is 43.7 Å². The highest BCUT2D eigenvalue weighted by molar-refractivity contribution is 5.82. The first-order chi connectivity index (χ1) is 8.99. The third-order valence-corrected chi connectivity index (χ3v) is 3.91. The van der Waals surface area contributed by atoms with Gasteiger partial charge in [-0.2, -0.15) is 0 Å². The fourth-order valence-corrected chi connectivity index (χ4v) is 2.45. The summed E-state index contributed by atoms with van der Waals surface area (Å²) < 4.78 is 0. The molecule has 1 atom stereocenters. The van der Waals surface area contributed by atoms with Crippen molar-refractivity contribution in [2.45, 2.75) is 45.1 Å². The molecule has 0 saturated carbocycles. The van der Waals surface area contributed by atoms with Crippen molar-refractivity contribution >= 4 is 5.91 Å². The average molecular weight is 260 g/mol. The van der Waals surface area contributed by atoms with Crippen LogP contribution in [0.1, 0.15) is 37.8 Å². The second-order valence-electron chi connectivity index (χ2n) is 6.12. The minimum atomic E-state index is -0.0397. The Morgan fingerprint density at radius 2 is 2.05 bits per heavy atom. The quantitative estimate of drug-likeness (QED) is 0.871. The zero-order valence-electron chi connectivity index (χ0n) is 12.1. The molecule has 1 saturated heterocycles. The molecule has 1 aromatic carbocycles. The molecule has 1 amide bonds. The van der Waals surface area contributed by atoms with E-state index in [0.717, 1.165) is 19.4 Å². The van der Waals surface area contributed by atoms with Crippen LogP contribution >= 0.6 is 0 Å². The van der Waals surface area contributed by atoms with Gasteiger partial charge in [0.25, 0.3) is 0 Å². The minimum absolute atomic E-state index is 0.00816. The van der Waals surface area contributed by atoms with Gasteiger partial charge >= 0.3 is 0 Å². The molecule has 1 aromatic rings. The highest BCUT2D eigenvalue weighted by atomic mass is 16.2. The molecule has 1 fully saturated rings. The van der Waals surface area contributed by atoms with Crippen LogP contribution in [0, 0.1) is 6.92 Å². The van der Waals surface area contributed by atoms with Gasteiger partial charge < -0.3 is 10.6 Å². The molecular formula is C16H24N2O. The minimum Gasteiger partial charge on any atom is -0.354 e. The smallest absolute Gasteiger partial charge is 0.237 e. The Labute approximate surface area is 115 Å². The maximum absolute atomic E-state index is 12.0. The Bertz CT molecular complexity index is 431. The molecule has 0 bridgehead atoms. The lowest BCUT2D eigenvalue weighted by Gasteiger charge is -2.26. The van der Waals surface area contributed by atoms with E-state index < -0.39 is 0 Å². The SMILES string of the molecule is Cc1ccc(C(C)(C)CNC(=O)C2CCCN2)cc1. The molecule has 1 aliphatic rings. The van der Waals surface area contributed by atoms with Crippen LogP contribution in [0.2, 0.25) is 0 Å². The summed E-state index contributed by atoms with van der Waals surface area (Å²) in [6.45, 7) is 8.05. The fourth-order valence-electron chi connectivity index (χ4n) is 2.45. The van der Waals surface area contributed by atoms with Crippen molar-refractivity contribution in [3.63, 3.8) is 0 Å². The van der Waals surface area contributed by atoms with Gasteiger partial charge in [0, 0.05) is 12.0 Å². The van der Waals surface area contributed by atoms with E-state index in [9.17, 15) is 4.79 Å². The van der Waals surface area contributed by atoms with Crippen molar-refractivity contribution in [1.82, 2.24) is 10.6 Å². The van der Waals surface area contributed by atoms with Gasteiger partial charge in [0.05, 0.1) is 6.04 Å². The van der Waals surface area contributed by atoms with Crippen LogP contribution in [0.15, 0.2) is 24.3 Å². The van der Waals surface area contributed by atoms with Crippen molar-refractivity contribution in [1.29, 1.82) is 0 Å². The second kappa shape index (κ2) is 5.74. The lowest BCUT2D eigenvalue weighted by atomic mass is 9.84. The highest BCUT2D eigenvalue weighted by Gasteiger charge is 2.25. The molecule has 1 aliphatic heterocycles. The van der Waals surface area contributed by atoms with Crippen LogP contribution in [0.4, 0.5) is 0 Å². The summed E-state index contributed by atoms with van der Waals surface area (Å²) in [5, 5.41) is 6.30. The van der Waals surface area contributed by atoms with Crippen molar-refractivity contribution in [3.05, 3.63) is 35.4 Å². The lowest BCUT2D eigenvalue weighted by molar-refractivity contribution is -0.123. The molecular weight excluding hydrogens is 236 g/mol. The molecule has 0 aromatic heterocycles. The molecule has 1 unspecified atom stereocenters. The summed E-state index contributed by atoms with van der Waals surface area (Å²) in [5.41, 5.74) is 2.48. The molecule has 3 nitrogen and oxygen atoms in total. The van der Waals surface area contributed by atoms with Crippen LogP contribution in [0.5, 0.6) is 0 Å². The molecule has 0 radical (unpaired) electrons. The van der Waals surface area contributed by atoms with Gasteiger partial charge in [0.2, 0.25) is 5.91 Å². The Kier molecular flexibility index (Phi) is 4.25. The largest absolute Gasteiger partial charge is 0.354 e. The Balaban J connectivity index is 1.93. The van der Waals surface area contributed by atoms with E-state index in [0.29, 0.717) is 6.54 Å². The summed E-state index contributed by atoms with van der Waals surface area (Å²) in [7, 11) is 0. The standard InChI is InChI=1S/C16H24N2O/c1-12-6-8-13(9-7-12)16(2,3)11-18-15(19)14-5-4-10-17-14/h6-9,14,17H,4-5,10-11H2,1-3H3,(H,18,19). The van der Waals surface area contributed by atoms with E-state index in [4.69, 9.17) is 0 Å². The van der Waals surface area contributed by atoms with Crippen molar-refractivity contribution < 1.29 is 4.79 Å². The zero-order valence-corrected chi connectivity index (χ0v) is 12.1. The number of benzene rings is 1. The molecule has 1 heterocycles. The Morgan fingerprint density at radius 3 is 2.63 bits per heavy atom. The molecule has 2 N–H and O–H groups in total. The van der Waals surface area contributed by atoms with Gasteiger partial charge in [0.15, 0.2) is 0 Å². The second-order valence-corrected chi connectivity index (χ2v) is 6.12. The number of carbonyl (C=O) groups excluding carboxylic acids is 1. The maximum atomic E-state index is 12.0. The molecule has 0 spiro atoms. The van der Waals surface area contributed by atoms with E-state index in [1.165, 1.54) is 11.1 Å². The number of rotatable bonds is 4. The topological polar surface area (TPSA) is 41.1 Å². The van der Waals surface area contributed by atoms with E-state index in [-0.39, 0.29) is 17.4 Å². The van der Waals surface area contributed by atoms with E-state index in [1.54, 1.807) is 0 Å². The summed E-state index contributed by atoms with van der Waals surface area (Å²) in [5.74, 6) is 0.137. The summed E-state index contributed by atoms with van der Waals surface area (Å²) in [6, 6.07) is 8.55. The number of aryl methyl sites for hydroxylation is 1. The van der Waals surface area contributed by atoms with Crippen molar-refractivity contribution in [3.8, 4) is 0 Å². The number of nitrogens with one attached hydrogen (secondary N) is 2.